The molecule has 114 valence electrons. The van der Waals surface area contributed by atoms with Crippen molar-refractivity contribution in [3.63, 3.8) is 0 Å². The molecule has 0 bridgehead atoms. The largest absolute Gasteiger partial charge is 0.496 e. The van der Waals surface area contributed by atoms with E-state index in [4.69, 9.17) is 16.3 Å². The van der Waals surface area contributed by atoms with Gasteiger partial charge in [-0.25, -0.2) is 0 Å². The Labute approximate surface area is 131 Å². The summed E-state index contributed by atoms with van der Waals surface area (Å²) in [6.07, 6.45) is 0.359. The molecule has 0 aliphatic carbocycles. The van der Waals surface area contributed by atoms with Crippen LogP contribution in [-0.4, -0.2) is 12.9 Å². The van der Waals surface area contributed by atoms with Crippen molar-refractivity contribution in [2.45, 2.75) is 40.0 Å². The highest BCUT2D eigenvalue weighted by Crippen LogP contribution is 2.34. The van der Waals surface area contributed by atoms with Gasteiger partial charge in [0.25, 0.3) is 0 Å². The molecule has 1 aromatic carbocycles. The SMILES string of the molecule is COc1ccc(Cl)cc1C(C#N)C(=O)CC(C)C(C)(C)C. The van der Waals surface area contributed by atoms with Crippen LogP contribution in [0.1, 0.15) is 45.6 Å². The molecule has 0 spiro atoms. The van der Waals surface area contributed by atoms with E-state index in [1.807, 2.05) is 6.92 Å². The van der Waals surface area contributed by atoms with Crippen LogP contribution in [0.2, 0.25) is 5.02 Å². The molecule has 0 aliphatic rings. The fourth-order valence-corrected chi connectivity index (χ4v) is 2.15. The van der Waals surface area contributed by atoms with Gasteiger partial charge in [0.2, 0.25) is 0 Å². The summed E-state index contributed by atoms with van der Waals surface area (Å²) in [7, 11) is 1.52. The Morgan fingerprint density at radius 1 is 1.43 bits per heavy atom. The van der Waals surface area contributed by atoms with Crippen LogP contribution < -0.4 is 4.74 Å². The lowest BCUT2D eigenvalue weighted by Gasteiger charge is -2.27. The standard InChI is InChI=1S/C17H22ClNO2/c1-11(17(2,3)4)8-15(20)14(10-19)13-9-12(18)6-7-16(13)21-5/h6-7,9,11,14H,8H2,1-5H3. The van der Waals surface area contributed by atoms with Crippen molar-refractivity contribution in [1.82, 2.24) is 0 Å². The molecule has 0 saturated carbocycles. The molecule has 0 aliphatic heterocycles. The van der Waals surface area contributed by atoms with Crippen LogP contribution in [0.3, 0.4) is 0 Å². The van der Waals surface area contributed by atoms with E-state index in [-0.39, 0.29) is 17.1 Å². The van der Waals surface area contributed by atoms with Crippen LogP contribution in [0.5, 0.6) is 5.75 Å². The molecule has 0 fully saturated rings. The van der Waals surface area contributed by atoms with Gasteiger partial charge in [-0.1, -0.05) is 39.3 Å². The Balaban J connectivity index is 3.06. The van der Waals surface area contributed by atoms with Crippen molar-refractivity contribution in [2.24, 2.45) is 11.3 Å². The molecule has 2 atom stereocenters. The summed E-state index contributed by atoms with van der Waals surface area (Å²) in [6.45, 7) is 8.30. The molecule has 4 heteroatoms. The number of halogens is 1. The Bertz CT molecular complexity index is 555. The highest BCUT2D eigenvalue weighted by molar-refractivity contribution is 6.30. The summed E-state index contributed by atoms with van der Waals surface area (Å²) in [5.41, 5.74) is 0.562. The number of carbonyl (C=O) groups excluding carboxylic acids is 1. The first-order chi connectivity index (χ1) is 9.70. The van der Waals surface area contributed by atoms with Crippen LogP contribution in [0, 0.1) is 22.7 Å². The number of ketones is 1. The smallest absolute Gasteiger partial charge is 0.154 e. The van der Waals surface area contributed by atoms with Crippen molar-refractivity contribution >= 4 is 17.4 Å². The monoisotopic (exact) mass is 307 g/mol. The molecule has 0 aromatic heterocycles. The minimum atomic E-state index is -0.844. The third-order valence-electron chi connectivity index (χ3n) is 3.94. The Morgan fingerprint density at radius 2 is 2.05 bits per heavy atom. The molecular formula is C17H22ClNO2. The van der Waals surface area contributed by atoms with E-state index < -0.39 is 5.92 Å². The lowest BCUT2D eigenvalue weighted by atomic mass is 9.77. The number of nitrogens with zero attached hydrogens (tertiary/aromatic N) is 1. The zero-order valence-electron chi connectivity index (χ0n) is 13.2. The second kappa shape index (κ2) is 6.95. The molecule has 21 heavy (non-hydrogen) atoms. The third-order valence-corrected chi connectivity index (χ3v) is 4.17. The molecule has 0 saturated heterocycles. The van der Waals surface area contributed by atoms with Gasteiger partial charge in [-0.05, 0) is 29.5 Å². The summed E-state index contributed by atoms with van der Waals surface area (Å²) >= 11 is 5.98. The molecule has 0 N–H and O–H groups in total. The zero-order chi connectivity index (χ0) is 16.2. The fraction of sp³-hybridized carbons (Fsp3) is 0.529. The summed E-state index contributed by atoms with van der Waals surface area (Å²) in [5, 5.41) is 9.90. The maximum absolute atomic E-state index is 12.5. The maximum Gasteiger partial charge on any atom is 0.154 e. The minimum Gasteiger partial charge on any atom is -0.496 e. The van der Waals surface area contributed by atoms with E-state index in [1.54, 1.807) is 18.2 Å². The summed E-state index contributed by atoms with van der Waals surface area (Å²) in [5.74, 6) is -0.238. The molecule has 1 rings (SSSR count). The van der Waals surface area contributed by atoms with Crippen LogP contribution in [0.15, 0.2) is 18.2 Å². The molecule has 0 amide bonds. The Hall–Kier alpha value is -1.53. The number of rotatable bonds is 5. The lowest BCUT2D eigenvalue weighted by Crippen LogP contribution is -2.23. The number of ether oxygens (including phenoxy) is 1. The van der Waals surface area contributed by atoms with Gasteiger partial charge in [-0.3, -0.25) is 4.79 Å². The van der Waals surface area contributed by atoms with Crippen LogP contribution in [0.25, 0.3) is 0 Å². The maximum atomic E-state index is 12.5. The van der Waals surface area contributed by atoms with Crippen LogP contribution in [-0.2, 0) is 4.79 Å². The van der Waals surface area contributed by atoms with E-state index in [0.717, 1.165) is 0 Å². The van der Waals surface area contributed by atoms with Gasteiger partial charge in [0.05, 0.1) is 13.2 Å². The minimum absolute atomic E-state index is 0.0219. The molecule has 1 aromatic rings. The van der Waals surface area contributed by atoms with E-state index in [2.05, 4.69) is 26.8 Å². The predicted molar refractivity (Wildman–Crippen MR) is 84.6 cm³/mol. The number of hydrogen-bond donors (Lipinski definition) is 0. The van der Waals surface area contributed by atoms with E-state index >= 15 is 0 Å². The second-order valence-electron chi connectivity index (χ2n) is 6.39. The van der Waals surface area contributed by atoms with Crippen molar-refractivity contribution in [3.8, 4) is 11.8 Å². The van der Waals surface area contributed by atoms with Crippen molar-refractivity contribution in [2.75, 3.05) is 7.11 Å². The van der Waals surface area contributed by atoms with Crippen molar-refractivity contribution < 1.29 is 9.53 Å². The number of hydrogen-bond acceptors (Lipinski definition) is 3. The van der Waals surface area contributed by atoms with Gasteiger partial charge in [0.15, 0.2) is 5.78 Å². The number of Topliss-reactive ketones (excluding diaryl/α,β-unsaturated/α-hetero) is 1. The highest BCUT2D eigenvalue weighted by Gasteiger charge is 2.29. The first-order valence-electron chi connectivity index (χ1n) is 6.96. The van der Waals surface area contributed by atoms with Crippen molar-refractivity contribution in [3.05, 3.63) is 28.8 Å². The number of nitriles is 1. The Kier molecular flexibility index (Phi) is 5.80. The summed E-state index contributed by atoms with van der Waals surface area (Å²) in [4.78, 5) is 12.5. The number of methoxy groups -OCH3 is 1. The quantitative estimate of drug-likeness (QED) is 0.799. The second-order valence-corrected chi connectivity index (χ2v) is 6.82. The predicted octanol–water partition coefficient (Wildman–Crippen LogP) is 4.60. The van der Waals surface area contributed by atoms with Gasteiger partial charge < -0.3 is 4.74 Å². The number of benzene rings is 1. The summed E-state index contributed by atoms with van der Waals surface area (Å²) in [6, 6.07) is 7.09. The Morgan fingerprint density at radius 3 is 2.52 bits per heavy atom. The molecular weight excluding hydrogens is 286 g/mol. The van der Waals surface area contributed by atoms with Gasteiger partial charge in [-0.15, -0.1) is 0 Å². The lowest BCUT2D eigenvalue weighted by molar-refractivity contribution is -0.120. The normalized spacial score (nSPS) is 14.1. The van der Waals surface area contributed by atoms with Gasteiger partial charge in [0, 0.05) is 17.0 Å². The summed E-state index contributed by atoms with van der Waals surface area (Å²) < 4.78 is 5.24. The van der Waals surface area contributed by atoms with Crippen LogP contribution in [0.4, 0.5) is 0 Å². The van der Waals surface area contributed by atoms with Crippen molar-refractivity contribution in [1.29, 1.82) is 5.26 Å². The van der Waals surface area contributed by atoms with E-state index in [0.29, 0.717) is 22.8 Å². The third kappa shape index (κ3) is 4.47. The number of carbonyl (C=O) groups is 1. The van der Waals surface area contributed by atoms with Gasteiger partial charge >= 0.3 is 0 Å². The first kappa shape index (κ1) is 17.5. The molecule has 2 unspecified atom stereocenters. The fourth-order valence-electron chi connectivity index (χ4n) is 1.97. The van der Waals surface area contributed by atoms with Gasteiger partial charge in [0.1, 0.15) is 11.7 Å². The zero-order valence-corrected chi connectivity index (χ0v) is 14.0. The average molecular weight is 308 g/mol. The molecule has 0 radical (unpaired) electrons. The topological polar surface area (TPSA) is 50.1 Å². The van der Waals surface area contributed by atoms with E-state index in [1.165, 1.54) is 7.11 Å². The average Bonchev–Trinajstić information content (AvgIpc) is 2.38. The molecule has 0 heterocycles. The van der Waals surface area contributed by atoms with Crippen LogP contribution >= 0.6 is 11.6 Å². The van der Waals surface area contributed by atoms with Gasteiger partial charge in [-0.2, -0.15) is 5.26 Å². The first-order valence-corrected chi connectivity index (χ1v) is 7.34. The van der Waals surface area contributed by atoms with E-state index in [9.17, 15) is 10.1 Å². The highest BCUT2D eigenvalue weighted by atomic mass is 35.5. The molecule has 3 nitrogen and oxygen atoms in total.